The molecule has 1 aliphatic rings. The third-order valence-corrected chi connectivity index (χ3v) is 5.32. The number of nitrogens with one attached hydrogen (secondary N) is 2. The average molecular weight is 334 g/mol. The predicted molar refractivity (Wildman–Crippen MR) is 89.0 cm³/mol. The van der Waals surface area contributed by atoms with Crippen molar-refractivity contribution in [3.63, 3.8) is 0 Å². The number of carbonyl (C=O) groups is 2. The third kappa shape index (κ3) is 2.88. The van der Waals surface area contributed by atoms with Gasteiger partial charge in [-0.3, -0.25) is 4.79 Å². The number of amides is 1. The number of ether oxygens (including phenoxy) is 1. The number of aliphatic carboxylic acids is 1. The van der Waals surface area contributed by atoms with E-state index in [0.717, 1.165) is 22.2 Å². The second kappa shape index (κ2) is 6.16. The summed E-state index contributed by atoms with van der Waals surface area (Å²) in [6, 6.07) is 5.62. The Morgan fingerprint density at radius 2 is 2.30 bits per heavy atom. The van der Waals surface area contributed by atoms with Crippen molar-refractivity contribution in [2.24, 2.45) is 0 Å². The van der Waals surface area contributed by atoms with Gasteiger partial charge in [-0.15, -0.1) is 0 Å². The number of fused-ring (bicyclic) bond motifs is 1. The second-order valence-corrected chi connectivity index (χ2v) is 6.72. The summed E-state index contributed by atoms with van der Waals surface area (Å²) >= 11 is 1.55. The normalized spacial score (nSPS) is 20.6. The molecule has 2 heterocycles. The van der Waals surface area contributed by atoms with E-state index in [-0.39, 0.29) is 12.3 Å². The molecule has 7 heteroatoms. The first kappa shape index (κ1) is 15.7. The molecule has 1 atom stereocenters. The van der Waals surface area contributed by atoms with Gasteiger partial charge < -0.3 is 20.1 Å². The number of rotatable bonds is 5. The molecule has 1 fully saturated rings. The highest BCUT2D eigenvalue weighted by molar-refractivity contribution is 7.99. The highest BCUT2D eigenvalue weighted by atomic mass is 32.2. The molecule has 122 valence electrons. The lowest BCUT2D eigenvalue weighted by Crippen LogP contribution is -2.55. The second-order valence-electron chi connectivity index (χ2n) is 5.61. The van der Waals surface area contributed by atoms with E-state index >= 15 is 0 Å². The molecule has 0 radical (unpaired) electrons. The van der Waals surface area contributed by atoms with Crippen LogP contribution in [0.4, 0.5) is 0 Å². The first-order chi connectivity index (χ1) is 11.1. The van der Waals surface area contributed by atoms with Gasteiger partial charge in [0, 0.05) is 22.9 Å². The molecule has 23 heavy (non-hydrogen) atoms. The minimum Gasteiger partial charge on any atom is -0.496 e. The number of aromatic amines is 1. The van der Waals surface area contributed by atoms with Crippen molar-refractivity contribution in [1.29, 1.82) is 0 Å². The van der Waals surface area contributed by atoms with Crippen LogP contribution in [0.25, 0.3) is 10.9 Å². The number of carboxylic acids is 1. The first-order valence-corrected chi connectivity index (χ1v) is 8.46. The quantitative estimate of drug-likeness (QED) is 0.775. The lowest BCUT2D eigenvalue weighted by Gasteiger charge is -2.24. The number of hydrogen-bond acceptors (Lipinski definition) is 4. The van der Waals surface area contributed by atoms with Crippen LogP contribution in [0, 0.1) is 0 Å². The van der Waals surface area contributed by atoms with Crippen LogP contribution in [0.15, 0.2) is 24.4 Å². The van der Waals surface area contributed by atoms with Crippen molar-refractivity contribution in [3.05, 3.63) is 30.0 Å². The Hall–Kier alpha value is -2.15. The number of benzene rings is 1. The van der Waals surface area contributed by atoms with E-state index in [1.165, 1.54) is 0 Å². The molecular formula is C16H18N2O4S. The topological polar surface area (TPSA) is 91.4 Å². The summed E-state index contributed by atoms with van der Waals surface area (Å²) in [5.74, 6) is 0.587. The van der Waals surface area contributed by atoms with Crippen molar-refractivity contribution in [3.8, 4) is 5.75 Å². The van der Waals surface area contributed by atoms with E-state index in [0.29, 0.717) is 17.9 Å². The number of carboxylic acid groups (broad SMARTS) is 1. The Morgan fingerprint density at radius 1 is 1.48 bits per heavy atom. The fourth-order valence-corrected chi connectivity index (χ4v) is 4.22. The lowest BCUT2D eigenvalue weighted by molar-refractivity contribution is -0.146. The highest BCUT2D eigenvalue weighted by Crippen LogP contribution is 2.30. The van der Waals surface area contributed by atoms with Gasteiger partial charge in [-0.25, -0.2) is 4.79 Å². The minimum absolute atomic E-state index is 0.111. The summed E-state index contributed by atoms with van der Waals surface area (Å²) in [5, 5.41) is 13.0. The SMILES string of the molecule is COc1cccc2[nH]cc(CC(=O)NC3(C(=O)O)CCSC3)c12. The minimum atomic E-state index is -1.14. The van der Waals surface area contributed by atoms with Gasteiger partial charge in [-0.1, -0.05) is 6.07 Å². The maximum Gasteiger partial charge on any atom is 0.330 e. The largest absolute Gasteiger partial charge is 0.496 e. The van der Waals surface area contributed by atoms with Crippen LogP contribution in [-0.2, 0) is 16.0 Å². The van der Waals surface area contributed by atoms with Crippen LogP contribution in [0.3, 0.4) is 0 Å². The van der Waals surface area contributed by atoms with Crippen molar-refractivity contribution >= 4 is 34.5 Å². The molecule has 6 nitrogen and oxygen atoms in total. The Balaban J connectivity index is 1.82. The Morgan fingerprint density at radius 3 is 2.96 bits per heavy atom. The third-order valence-electron chi connectivity index (χ3n) is 4.13. The number of H-pyrrole nitrogens is 1. The molecule has 3 rings (SSSR count). The monoisotopic (exact) mass is 334 g/mol. The molecular weight excluding hydrogens is 316 g/mol. The van der Waals surface area contributed by atoms with E-state index < -0.39 is 11.5 Å². The van der Waals surface area contributed by atoms with E-state index in [4.69, 9.17) is 4.74 Å². The van der Waals surface area contributed by atoms with Gasteiger partial charge in [0.25, 0.3) is 0 Å². The molecule has 1 amide bonds. The molecule has 1 saturated heterocycles. The van der Waals surface area contributed by atoms with Crippen molar-refractivity contribution in [2.75, 3.05) is 18.6 Å². The summed E-state index contributed by atoms with van der Waals surface area (Å²) < 4.78 is 5.35. The smallest absolute Gasteiger partial charge is 0.330 e. The maximum absolute atomic E-state index is 12.4. The summed E-state index contributed by atoms with van der Waals surface area (Å²) in [4.78, 5) is 27.0. The van der Waals surface area contributed by atoms with E-state index in [1.807, 2.05) is 18.2 Å². The van der Waals surface area contributed by atoms with Gasteiger partial charge in [0.05, 0.1) is 13.5 Å². The zero-order valence-corrected chi connectivity index (χ0v) is 13.5. The number of methoxy groups -OCH3 is 1. The number of carbonyl (C=O) groups excluding carboxylic acids is 1. The van der Waals surface area contributed by atoms with Gasteiger partial charge in [0.1, 0.15) is 11.3 Å². The van der Waals surface area contributed by atoms with E-state index in [1.54, 1.807) is 25.1 Å². The summed E-state index contributed by atoms with van der Waals surface area (Å²) in [6.07, 6.45) is 2.33. The molecule has 0 saturated carbocycles. The molecule has 1 aromatic carbocycles. The molecule has 3 N–H and O–H groups in total. The van der Waals surface area contributed by atoms with Crippen LogP contribution in [-0.4, -0.2) is 46.1 Å². The molecule has 2 aromatic rings. The summed E-state index contributed by atoms with van der Waals surface area (Å²) in [6.45, 7) is 0. The standard InChI is InChI=1S/C16H18N2O4S/c1-22-12-4-2-3-11-14(12)10(8-17-11)7-13(19)18-16(15(20)21)5-6-23-9-16/h2-4,8,17H,5-7,9H2,1H3,(H,18,19)(H,20,21). The Bertz CT molecular complexity index is 750. The summed E-state index contributed by atoms with van der Waals surface area (Å²) in [5.41, 5.74) is 0.537. The van der Waals surface area contributed by atoms with E-state index in [9.17, 15) is 14.7 Å². The molecule has 1 aliphatic heterocycles. The highest BCUT2D eigenvalue weighted by Gasteiger charge is 2.43. The molecule has 0 spiro atoms. The summed E-state index contributed by atoms with van der Waals surface area (Å²) in [7, 11) is 1.58. The van der Waals surface area contributed by atoms with Crippen LogP contribution >= 0.6 is 11.8 Å². The number of hydrogen-bond donors (Lipinski definition) is 3. The molecule has 1 aromatic heterocycles. The maximum atomic E-state index is 12.4. The Labute approximate surface area is 137 Å². The first-order valence-electron chi connectivity index (χ1n) is 7.31. The van der Waals surface area contributed by atoms with Crippen LogP contribution in [0.1, 0.15) is 12.0 Å². The van der Waals surface area contributed by atoms with E-state index in [2.05, 4.69) is 10.3 Å². The van der Waals surface area contributed by atoms with Crippen molar-refractivity contribution < 1.29 is 19.4 Å². The average Bonchev–Trinajstić information content (AvgIpc) is 3.15. The molecule has 1 unspecified atom stereocenters. The van der Waals surface area contributed by atoms with Gasteiger partial charge in [-0.05, 0) is 29.9 Å². The lowest BCUT2D eigenvalue weighted by atomic mass is 9.98. The fraction of sp³-hybridized carbons (Fsp3) is 0.375. The van der Waals surface area contributed by atoms with Gasteiger partial charge in [0.2, 0.25) is 5.91 Å². The van der Waals surface area contributed by atoms with Crippen molar-refractivity contribution in [2.45, 2.75) is 18.4 Å². The van der Waals surface area contributed by atoms with Crippen molar-refractivity contribution in [1.82, 2.24) is 10.3 Å². The van der Waals surface area contributed by atoms with Gasteiger partial charge in [0.15, 0.2) is 0 Å². The zero-order valence-electron chi connectivity index (χ0n) is 12.7. The van der Waals surface area contributed by atoms with Crippen LogP contribution < -0.4 is 10.1 Å². The number of aromatic nitrogens is 1. The number of thioether (sulfide) groups is 1. The fourth-order valence-electron chi connectivity index (χ4n) is 2.90. The molecule has 0 bridgehead atoms. The predicted octanol–water partition coefficient (Wildman–Crippen LogP) is 1.80. The van der Waals surface area contributed by atoms with Gasteiger partial charge >= 0.3 is 5.97 Å². The van der Waals surface area contributed by atoms with Crippen LogP contribution in [0.5, 0.6) is 5.75 Å². The van der Waals surface area contributed by atoms with Crippen LogP contribution in [0.2, 0.25) is 0 Å². The zero-order chi connectivity index (χ0) is 16.4. The van der Waals surface area contributed by atoms with Gasteiger partial charge in [-0.2, -0.15) is 11.8 Å². The molecule has 0 aliphatic carbocycles. The Kier molecular flexibility index (Phi) is 4.21.